The highest BCUT2D eigenvalue weighted by Gasteiger charge is 2.48. The second-order valence-corrected chi connectivity index (χ2v) is 15.8. The molecule has 0 bridgehead atoms. The Morgan fingerprint density at radius 2 is 0.740 bits per heavy atom. The molecule has 342 valence electrons. The predicted molar refractivity (Wildman–Crippen MR) is 304 cm³/mol. The molecule has 0 radical (unpaired) electrons. The lowest BCUT2D eigenvalue weighted by atomic mass is 9.67. The molecule has 0 aromatic heterocycles. The zero-order chi connectivity index (χ0) is 91.0. The van der Waals surface area contributed by atoms with Gasteiger partial charge < -0.3 is 4.90 Å². The highest BCUT2D eigenvalue weighted by atomic mass is 15.1. The molecule has 14 rings (SSSR count). The lowest BCUT2D eigenvalue weighted by molar-refractivity contribution is 0.768. The first-order valence-corrected chi connectivity index (χ1v) is 21.4. The van der Waals surface area contributed by atoms with Crippen LogP contribution in [0.15, 0.2) is 296 Å². The van der Waals surface area contributed by atoms with Crippen LogP contribution in [-0.2, 0) is 10.8 Å². The number of para-hydroxylation sites is 1. The molecule has 1 heteroatoms. The fraction of sp³-hybridized carbons (Fsp3) is 0.0278. The number of hydrogen-bond donors (Lipinski definition) is 0. The van der Waals surface area contributed by atoms with Crippen LogP contribution in [-0.4, -0.2) is 0 Å². The summed E-state index contributed by atoms with van der Waals surface area (Å²) in [6.45, 7) is 0. The predicted octanol–water partition coefficient (Wildman–Crippen LogP) is 18.4. The molecule has 0 amide bonds. The molecule has 2 aliphatic rings. The summed E-state index contributed by atoms with van der Waals surface area (Å²) in [7, 11) is 0. The van der Waals surface area contributed by atoms with Gasteiger partial charge in [0, 0.05) is 16.9 Å². The molecule has 1 nitrogen and oxygen atoms in total. The Bertz CT molecular complexity index is 6720. The molecule has 0 N–H and O–H groups in total. The molecular weight excluding hydrogens is 879 g/mol. The largest absolute Gasteiger partial charge is 0.310 e. The number of hydrogen-bond acceptors (Lipinski definition) is 1. The van der Waals surface area contributed by atoms with Crippen molar-refractivity contribution in [1.29, 1.82) is 0 Å². The average Bonchev–Trinajstić information content (AvgIpc) is 1.49. The molecular formula is C72H49N. The summed E-state index contributed by atoms with van der Waals surface area (Å²) in [4.78, 5) is 0.0839. The Balaban J connectivity index is 1.28. The second-order valence-electron chi connectivity index (χ2n) is 15.8. The lowest BCUT2D eigenvalue weighted by Gasteiger charge is -2.34. The number of nitrogens with zero attached hydrogens (tertiary/aromatic N) is 1. The van der Waals surface area contributed by atoms with Gasteiger partial charge in [0.1, 0.15) is 0 Å². The van der Waals surface area contributed by atoms with Crippen molar-refractivity contribution < 1.29 is 67.2 Å². The fourth-order valence-corrected chi connectivity index (χ4v) is 9.51. The maximum Gasteiger partial charge on any atom is 0.0714 e. The molecule has 0 saturated heterocycles. The van der Waals surface area contributed by atoms with E-state index in [-0.39, 0.29) is 4.90 Å². The van der Waals surface area contributed by atoms with Crippen molar-refractivity contribution >= 4 is 27.8 Å². The quantitative estimate of drug-likeness (QED) is 0.139. The standard InChI is InChI=1S/C72H49N/c1-6-26-53(27-7-1)71(54-28-8-2-9-29-54)65-41-21-19-39-63(65)70-66(71)42-23-43-68(70)73(57-34-14-5-15-35-57)58-36-22-25-51(48-58)60-46-44-50-24-16-17-37-59(50)69(60)52-45-47-62-61-38-18-20-40-64(61)72(67(62)49-52,55-30-10-3-11-31-55)56-32-12-4-13-33-56/h1-49H/i1D,2D,3D,4D,5D,6D,7D,8D,9D,10D,11D,12D,13D,14D,15D,16D,17D,18D,19D,20D,21D,22D,23D,24D,25D,26D,27D,28D,29D,30D,31D,32D,33D,34D,35D,36D,37D,38D,39D,40D,41D,42D,43D,44D,45D,46D,47D,48D,49D. The van der Waals surface area contributed by atoms with E-state index in [1.54, 1.807) is 0 Å². The Morgan fingerprint density at radius 3 is 1.38 bits per heavy atom. The maximum atomic E-state index is 11.0. The van der Waals surface area contributed by atoms with Crippen LogP contribution in [0, 0.1) is 0 Å². The van der Waals surface area contributed by atoms with Gasteiger partial charge >= 0.3 is 0 Å². The summed E-state index contributed by atoms with van der Waals surface area (Å²) < 4.78 is 470. The van der Waals surface area contributed by atoms with Gasteiger partial charge in [-0.25, -0.2) is 0 Å². The summed E-state index contributed by atoms with van der Waals surface area (Å²) in [6, 6.07) is -68.5. The van der Waals surface area contributed by atoms with E-state index in [1.165, 1.54) is 0 Å². The van der Waals surface area contributed by atoms with Crippen LogP contribution < -0.4 is 4.90 Å². The van der Waals surface area contributed by atoms with Gasteiger partial charge in [0.15, 0.2) is 0 Å². The van der Waals surface area contributed by atoms with E-state index < -0.39 is 424 Å². The van der Waals surface area contributed by atoms with E-state index in [2.05, 4.69) is 0 Å². The maximum absolute atomic E-state index is 11.0. The van der Waals surface area contributed by atoms with Gasteiger partial charge in [0.05, 0.1) is 83.7 Å². The van der Waals surface area contributed by atoms with Crippen LogP contribution in [0.3, 0.4) is 0 Å². The van der Waals surface area contributed by atoms with Crippen LogP contribution >= 0.6 is 0 Å². The minimum atomic E-state index is -3.70. The monoisotopic (exact) mass is 977 g/mol. The van der Waals surface area contributed by atoms with E-state index >= 15 is 0 Å². The third kappa shape index (κ3) is 6.42. The number of fused-ring (bicyclic) bond motifs is 7. The molecule has 0 spiro atoms. The molecule has 12 aromatic carbocycles. The number of rotatable bonds is 9. The van der Waals surface area contributed by atoms with Gasteiger partial charge in [-0.1, -0.05) is 260 Å². The molecule has 0 heterocycles. The van der Waals surface area contributed by atoms with Crippen LogP contribution in [0.5, 0.6) is 0 Å². The van der Waals surface area contributed by atoms with E-state index in [9.17, 15) is 46.6 Å². The van der Waals surface area contributed by atoms with Crippen LogP contribution in [0.4, 0.5) is 17.1 Å². The Morgan fingerprint density at radius 1 is 0.274 bits per heavy atom. The molecule has 0 unspecified atom stereocenters. The summed E-state index contributed by atoms with van der Waals surface area (Å²) in [5.41, 5.74) is -32.7. The topological polar surface area (TPSA) is 3.24 Å². The first kappa shape index (κ1) is 15.8. The highest BCUT2D eigenvalue weighted by molar-refractivity contribution is 6.06. The zero-order valence-electron chi connectivity index (χ0n) is 85.4. The molecule has 0 aliphatic heterocycles. The van der Waals surface area contributed by atoms with Gasteiger partial charge in [-0.05, 0) is 130 Å². The van der Waals surface area contributed by atoms with Crippen LogP contribution in [0.25, 0.3) is 55.3 Å². The van der Waals surface area contributed by atoms with E-state index in [4.69, 9.17) is 20.6 Å². The van der Waals surface area contributed by atoms with Gasteiger partial charge in [0.2, 0.25) is 0 Å². The van der Waals surface area contributed by atoms with Crippen molar-refractivity contribution in [3.63, 3.8) is 0 Å². The molecule has 0 saturated carbocycles. The van der Waals surface area contributed by atoms with E-state index in [0.717, 1.165) is 0 Å². The zero-order valence-corrected chi connectivity index (χ0v) is 36.4. The summed E-state index contributed by atoms with van der Waals surface area (Å²) in [5, 5.41) is -2.33. The van der Waals surface area contributed by atoms with Crippen molar-refractivity contribution in [2.75, 3.05) is 4.90 Å². The lowest BCUT2D eigenvalue weighted by Crippen LogP contribution is -2.28. The summed E-state index contributed by atoms with van der Waals surface area (Å²) >= 11 is 0. The number of anilines is 3. The first-order valence-electron chi connectivity index (χ1n) is 45.9. The van der Waals surface area contributed by atoms with Gasteiger partial charge in [-0.3, -0.25) is 0 Å². The fourth-order valence-electron chi connectivity index (χ4n) is 9.51. The van der Waals surface area contributed by atoms with E-state index in [0.29, 0.717) is 0 Å². The summed E-state index contributed by atoms with van der Waals surface area (Å²) in [6.07, 6.45) is 0. The minimum absolute atomic E-state index is 0.0839. The van der Waals surface area contributed by atoms with Gasteiger partial charge in [-0.2, -0.15) is 0 Å². The van der Waals surface area contributed by atoms with Crippen molar-refractivity contribution in [1.82, 2.24) is 0 Å². The number of benzene rings is 12. The Kier molecular flexibility index (Phi) is 3.74. The Labute approximate surface area is 496 Å². The first-order chi connectivity index (χ1) is 56.6. The molecule has 2 aliphatic carbocycles. The third-order valence-electron chi connectivity index (χ3n) is 12.3. The van der Waals surface area contributed by atoms with Crippen LogP contribution in [0.2, 0.25) is 0 Å². The normalized spacial score (nSPS) is 22.8. The van der Waals surface area contributed by atoms with E-state index in [1.807, 2.05) is 0 Å². The average molecular weight is 977 g/mol. The third-order valence-corrected chi connectivity index (χ3v) is 12.3. The molecule has 0 fully saturated rings. The minimum Gasteiger partial charge on any atom is -0.310 e. The highest BCUT2D eigenvalue weighted by Crippen LogP contribution is 2.60. The second kappa shape index (κ2) is 17.2. The van der Waals surface area contributed by atoms with Crippen molar-refractivity contribution in [2.24, 2.45) is 0 Å². The summed E-state index contributed by atoms with van der Waals surface area (Å²) in [5.74, 6) is 0. The Hall–Kier alpha value is -9.30. The van der Waals surface area contributed by atoms with Crippen molar-refractivity contribution in [3.8, 4) is 44.5 Å². The molecule has 0 atom stereocenters. The molecule has 73 heavy (non-hydrogen) atoms. The smallest absolute Gasteiger partial charge is 0.0714 e. The van der Waals surface area contributed by atoms with Crippen molar-refractivity contribution in [3.05, 3.63) is 341 Å². The SMILES string of the molecule is [2H]c1c([2H])c([2H])c(N(c2c([2H])c([2H])c([2H])c(-c3c([2H])c([2H])c4c([2H])c([2H])c([2H])c([2H])c4c3-c3c([2H])c([2H])c4c(c3[2H])C(c3c([2H])c([2H])c([2H])c([2H])c3[2H])(c3c([2H])c([2H])c([2H])c([2H])c3[2H])c3c([2H])c([2H])c([2H])c([2H])c3-4)c2[2H])c2c([2H])c([2H])c([2H])c3c2-c2c([2H])c([2H])c([2H])c([2H])c2C3(c2c([2H])c([2H])c([2H])c([2H])c2[2H])c2c([2H])c([2H])c([2H])c([2H])c2[2H])c([2H])c1[2H]. The van der Waals surface area contributed by atoms with Gasteiger partial charge in [-0.15, -0.1) is 0 Å². The molecule has 12 aromatic rings. The van der Waals surface area contributed by atoms with Gasteiger partial charge in [0.25, 0.3) is 0 Å². The van der Waals surface area contributed by atoms with Crippen LogP contribution in [0.1, 0.15) is 112 Å². The van der Waals surface area contributed by atoms with Crippen molar-refractivity contribution in [2.45, 2.75) is 10.8 Å².